The lowest BCUT2D eigenvalue weighted by Gasteiger charge is -2.34. The third-order valence-electron chi connectivity index (χ3n) is 4.76. The molecule has 1 aromatic carbocycles. The van der Waals surface area contributed by atoms with Crippen molar-refractivity contribution < 1.29 is 23.1 Å². The number of carboxylic acids is 1. The molecule has 1 atom stereocenters. The Labute approximate surface area is 160 Å². The van der Waals surface area contributed by atoms with Crippen molar-refractivity contribution in [1.29, 1.82) is 0 Å². The quantitative estimate of drug-likeness (QED) is 0.703. The Bertz CT molecular complexity index is 769. The molecule has 8 nitrogen and oxygen atoms in total. The summed E-state index contributed by atoms with van der Waals surface area (Å²) in [5.74, 6) is -1.02. The SMILES string of the molecule is CC(C)c1ccc(S(=O)(=O)N2CCN(C(=O)CC[C@H](N)C(=O)O)CC2)cc1. The molecule has 0 radical (unpaired) electrons. The zero-order valence-corrected chi connectivity index (χ0v) is 16.5. The van der Waals surface area contributed by atoms with E-state index < -0.39 is 22.0 Å². The summed E-state index contributed by atoms with van der Waals surface area (Å²) in [7, 11) is -3.59. The largest absolute Gasteiger partial charge is 0.480 e. The lowest BCUT2D eigenvalue weighted by Crippen LogP contribution is -2.50. The Morgan fingerprint density at radius 2 is 1.67 bits per heavy atom. The zero-order chi connectivity index (χ0) is 20.2. The Balaban J connectivity index is 1.94. The number of rotatable bonds is 7. The van der Waals surface area contributed by atoms with Crippen LogP contribution in [0.15, 0.2) is 29.2 Å². The summed E-state index contributed by atoms with van der Waals surface area (Å²) in [4.78, 5) is 24.7. The average Bonchev–Trinajstić information content (AvgIpc) is 2.65. The lowest BCUT2D eigenvalue weighted by molar-refractivity contribution is -0.139. The van der Waals surface area contributed by atoms with Crippen LogP contribution in [0, 0.1) is 0 Å². The maximum absolute atomic E-state index is 12.8. The Morgan fingerprint density at radius 1 is 1.11 bits per heavy atom. The van der Waals surface area contributed by atoms with Crippen molar-refractivity contribution in [2.75, 3.05) is 26.2 Å². The molecular formula is C18H27N3O5S. The number of nitrogens with zero attached hydrogens (tertiary/aromatic N) is 2. The van der Waals surface area contributed by atoms with E-state index in [1.165, 1.54) is 4.31 Å². The van der Waals surface area contributed by atoms with Crippen molar-refractivity contribution in [3.63, 3.8) is 0 Å². The molecule has 1 saturated heterocycles. The fraction of sp³-hybridized carbons (Fsp3) is 0.556. The Morgan fingerprint density at radius 3 is 2.15 bits per heavy atom. The Kier molecular flexibility index (Phi) is 6.96. The van der Waals surface area contributed by atoms with Crippen LogP contribution in [-0.2, 0) is 19.6 Å². The van der Waals surface area contributed by atoms with Gasteiger partial charge in [-0.15, -0.1) is 0 Å². The van der Waals surface area contributed by atoms with Crippen LogP contribution in [0.25, 0.3) is 0 Å². The molecule has 0 bridgehead atoms. The van der Waals surface area contributed by atoms with E-state index in [4.69, 9.17) is 10.8 Å². The van der Waals surface area contributed by atoms with E-state index in [1.54, 1.807) is 17.0 Å². The molecule has 27 heavy (non-hydrogen) atoms. The highest BCUT2D eigenvalue weighted by Gasteiger charge is 2.30. The number of amides is 1. The van der Waals surface area contributed by atoms with Crippen LogP contribution in [0.5, 0.6) is 0 Å². The summed E-state index contributed by atoms with van der Waals surface area (Å²) in [6.07, 6.45) is 0.103. The van der Waals surface area contributed by atoms with Gasteiger partial charge in [-0.25, -0.2) is 8.42 Å². The number of aliphatic carboxylic acids is 1. The topological polar surface area (TPSA) is 121 Å². The van der Waals surface area contributed by atoms with Gasteiger partial charge in [-0.1, -0.05) is 26.0 Å². The van der Waals surface area contributed by atoms with E-state index in [0.717, 1.165) is 5.56 Å². The number of carboxylic acid groups (broad SMARTS) is 1. The number of carbonyl (C=O) groups is 2. The molecule has 1 aliphatic rings. The first-order valence-corrected chi connectivity index (χ1v) is 10.4. The smallest absolute Gasteiger partial charge is 0.320 e. The van der Waals surface area contributed by atoms with Gasteiger partial charge in [0.05, 0.1) is 4.90 Å². The first kappa shape index (κ1) is 21.3. The van der Waals surface area contributed by atoms with Crippen molar-refractivity contribution in [3.05, 3.63) is 29.8 Å². The standard InChI is InChI=1S/C18H27N3O5S/c1-13(2)14-3-5-15(6-4-14)27(25,26)21-11-9-20(10-12-21)17(22)8-7-16(19)18(23)24/h3-6,13,16H,7-12,19H2,1-2H3,(H,23,24)/t16-/m0/s1. The van der Waals surface area contributed by atoms with Gasteiger partial charge in [0.15, 0.2) is 0 Å². The third kappa shape index (κ3) is 5.27. The van der Waals surface area contributed by atoms with Crippen molar-refractivity contribution in [2.24, 2.45) is 5.73 Å². The van der Waals surface area contributed by atoms with Crippen molar-refractivity contribution >= 4 is 21.9 Å². The molecule has 2 rings (SSSR count). The molecule has 9 heteroatoms. The summed E-state index contributed by atoms with van der Waals surface area (Å²) >= 11 is 0. The molecule has 150 valence electrons. The maximum atomic E-state index is 12.8. The second-order valence-electron chi connectivity index (χ2n) is 6.99. The van der Waals surface area contributed by atoms with Gasteiger partial charge in [0, 0.05) is 32.6 Å². The summed E-state index contributed by atoms with van der Waals surface area (Å²) in [5, 5.41) is 8.76. The highest BCUT2D eigenvalue weighted by molar-refractivity contribution is 7.89. The van der Waals surface area contributed by atoms with E-state index in [9.17, 15) is 18.0 Å². The molecule has 0 aromatic heterocycles. The number of piperazine rings is 1. The average molecular weight is 397 g/mol. The van der Waals surface area contributed by atoms with Gasteiger partial charge < -0.3 is 15.7 Å². The first-order chi connectivity index (χ1) is 12.6. The monoisotopic (exact) mass is 397 g/mol. The van der Waals surface area contributed by atoms with Gasteiger partial charge in [0.1, 0.15) is 6.04 Å². The maximum Gasteiger partial charge on any atom is 0.320 e. The van der Waals surface area contributed by atoms with Gasteiger partial charge in [0.2, 0.25) is 15.9 Å². The van der Waals surface area contributed by atoms with Crippen molar-refractivity contribution in [3.8, 4) is 0 Å². The van der Waals surface area contributed by atoms with Crippen molar-refractivity contribution in [2.45, 2.75) is 43.5 Å². The van der Waals surface area contributed by atoms with Gasteiger partial charge in [-0.3, -0.25) is 9.59 Å². The number of sulfonamides is 1. The summed E-state index contributed by atoms with van der Waals surface area (Å²) in [5.41, 5.74) is 6.48. The van der Waals surface area contributed by atoms with Gasteiger partial charge in [-0.05, 0) is 30.0 Å². The second kappa shape index (κ2) is 8.81. The minimum absolute atomic E-state index is 0.0386. The number of benzene rings is 1. The molecular weight excluding hydrogens is 370 g/mol. The van der Waals surface area contributed by atoms with E-state index >= 15 is 0 Å². The molecule has 0 unspecified atom stereocenters. The minimum Gasteiger partial charge on any atom is -0.480 e. The molecule has 1 aromatic rings. The second-order valence-corrected chi connectivity index (χ2v) is 8.93. The number of hydrogen-bond acceptors (Lipinski definition) is 5. The molecule has 1 aliphatic heterocycles. The fourth-order valence-corrected chi connectivity index (χ4v) is 4.33. The van der Waals surface area contributed by atoms with E-state index in [1.807, 2.05) is 26.0 Å². The fourth-order valence-electron chi connectivity index (χ4n) is 2.91. The molecule has 0 aliphatic carbocycles. The summed E-state index contributed by atoms with van der Waals surface area (Å²) < 4.78 is 26.9. The summed E-state index contributed by atoms with van der Waals surface area (Å²) in [6, 6.07) is 5.82. The number of carbonyl (C=O) groups excluding carboxylic acids is 1. The third-order valence-corrected chi connectivity index (χ3v) is 6.68. The highest BCUT2D eigenvalue weighted by atomic mass is 32.2. The van der Waals surface area contributed by atoms with Crippen LogP contribution in [0.1, 0.15) is 38.2 Å². The van der Waals surface area contributed by atoms with Crippen LogP contribution < -0.4 is 5.73 Å². The first-order valence-electron chi connectivity index (χ1n) is 8.99. The van der Waals surface area contributed by atoms with Crippen LogP contribution in [0.2, 0.25) is 0 Å². The van der Waals surface area contributed by atoms with E-state index in [-0.39, 0.29) is 49.8 Å². The highest BCUT2D eigenvalue weighted by Crippen LogP contribution is 2.21. The zero-order valence-electron chi connectivity index (χ0n) is 15.7. The molecule has 1 heterocycles. The summed E-state index contributed by atoms with van der Waals surface area (Å²) in [6.45, 7) is 5.08. The van der Waals surface area contributed by atoms with Crippen LogP contribution >= 0.6 is 0 Å². The molecule has 1 amide bonds. The predicted octanol–water partition coefficient (Wildman–Crippen LogP) is 0.835. The van der Waals surface area contributed by atoms with Gasteiger partial charge in [0.25, 0.3) is 0 Å². The molecule has 0 saturated carbocycles. The number of hydrogen-bond donors (Lipinski definition) is 2. The minimum atomic E-state index is -3.59. The van der Waals surface area contributed by atoms with Gasteiger partial charge in [-0.2, -0.15) is 4.31 Å². The Hall–Kier alpha value is -1.97. The number of nitrogens with two attached hydrogens (primary N) is 1. The lowest BCUT2D eigenvalue weighted by atomic mass is 10.0. The molecule has 3 N–H and O–H groups in total. The molecule has 1 fully saturated rings. The van der Waals surface area contributed by atoms with Crippen molar-refractivity contribution in [1.82, 2.24) is 9.21 Å². The van der Waals surface area contributed by atoms with Crippen LogP contribution in [0.4, 0.5) is 0 Å². The predicted molar refractivity (Wildman–Crippen MR) is 101 cm³/mol. The van der Waals surface area contributed by atoms with E-state index in [2.05, 4.69) is 0 Å². The normalized spacial score (nSPS) is 17.1. The van der Waals surface area contributed by atoms with E-state index in [0.29, 0.717) is 5.92 Å². The van der Waals surface area contributed by atoms with Crippen LogP contribution in [-0.4, -0.2) is 66.8 Å². The van der Waals surface area contributed by atoms with Crippen LogP contribution in [0.3, 0.4) is 0 Å². The molecule has 0 spiro atoms. The van der Waals surface area contributed by atoms with Gasteiger partial charge >= 0.3 is 5.97 Å².